The van der Waals surface area contributed by atoms with Gasteiger partial charge in [0, 0.05) is 24.2 Å². The molecule has 0 fully saturated rings. The number of amides is 2. The maximum atomic E-state index is 12.4. The first kappa shape index (κ1) is 26.5. The summed E-state index contributed by atoms with van der Waals surface area (Å²) in [7, 11) is 0. The number of nitro groups is 1. The zero-order valence-corrected chi connectivity index (χ0v) is 20.9. The van der Waals surface area contributed by atoms with Crippen LogP contribution in [0.2, 0.25) is 15.1 Å². The van der Waals surface area contributed by atoms with Crippen molar-refractivity contribution in [3.8, 4) is 0 Å². The molecule has 35 heavy (non-hydrogen) atoms. The van der Waals surface area contributed by atoms with Crippen LogP contribution in [0.3, 0.4) is 0 Å². The fourth-order valence-corrected chi connectivity index (χ4v) is 4.04. The van der Waals surface area contributed by atoms with E-state index >= 15 is 0 Å². The Kier molecular flexibility index (Phi) is 9.10. The first-order valence-electron chi connectivity index (χ1n) is 9.82. The van der Waals surface area contributed by atoms with Gasteiger partial charge in [-0.1, -0.05) is 52.6 Å². The van der Waals surface area contributed by atoms with Crippen LogP contribution in [0, 0.1) is 10.1 Å². The number of hydrogen-bond donors (Lipinski definition) is 2. The fraction of sp³-hybridized carbons (Fsp3) is 0.143. The lowest BCUT2D eigenvalue weighted by molar-refractivity contribution is -0.384. The van der Waals surface area contributed by atoms with Gasteiger partial charge in [-0.05, 0) is 24.3 Å². The summed E-state index contributed by atoms with van der Waals surface area (Å²) in [6.07, 6.45) is 1.63. The molecule has 2 N–H and O–H groups in total. The lowest BCUT2D eigenvalue weighted by Gasteiger charge is -2.10. The fourth-order valence-electron chi connectivity index (χ4n) is 2.81. The van der Waals surface area contributed by atoms with Crippen molar-refractivity contribution in [1.82, 2.24) is 20.1 Å². The highest BCUT2D eigenvalue weighted by Crippen LogP contribution is 2.27. The molecule has 0 saturated heterocycles. The molecule has 0 aliphatic carbocycles. The molecule has 2 aromatic carbocycles. The molecule has 1 heterocycles. The van der Waals surface area contributed by atoms with Crippen LogP contribution in [0.25, 0.3) is 0 Å². The molecule has 182 valence electrons. The zero-order chi connectivity index (χ0) is 25.5. The Balaban J connectivity index is 1.64. The molecule has 0 bridgehead atoms. The molecular formula is C21H17Cl3N6O4S. The number of carbonyl (C=O) groups excluding carboxylic acids is 2. The van der Waals surface area contributed by atoms with E-state index in [1.165, 1.54) is 30.3 Å². The lowest BCUT2D eigenvalue weighted by Crippen LogP contribution is -2.25. The molecule has 10 nitrogen and oxygen atoms in total. The van der Waals surface area contributed by atoms with E-state index in [-0.39, 0.29) is 39.6 Å². The number of nitrogens with zero attached hydrogens (tertiary/aromatic N) is 4. The molecule has 0 spiro atoms. The Bertz CT molecular complexity index is 1300. The van der Waals surface area contributed by atoms with Gasteiger partial charge < -0.3 is 15.2 Å². The summed E-state index contributed by atoms with van der Waals surface area (Å²) >= 11 is 19.0. The number of allylic oxidation sites excluding steroid dienone is 1. The monoisotopic (exact) mass is 554 g/mol. The number of non-ortho nitro benzene ring substituents is 1. The molecule has 1 aromatic heterocycles. The SMILES string of the molecule is C=CCn1c(CNC(=O)c2ccc(Cl)c(Cl)c2)nnc1SCC(=O)Nc1cc([N+](=O)[O-])ccc1Cl. The third-order valence-corrected chi connectivity index (χ3v) is 6.50. The molecule has 0 unspecified atom stereocenters. The van der Waals surface area contributed by atoms with Crippen LogP contribution < -0.4 is 10.6 Å². The van der Waals surface area contributed by atoms with Crippen molar-refractivity contribution in [3.63, 3.8) is 0 Å². The van der Waals surface area contributed by atoms with E-state index < -0.39 is 10.8 Å². The number of thioether (sulfide) groups is 1. The second kappa shape index (κ2) is 12.0. The number of aromatic nitrogens is 3. The predicted molar refractivity (Wildman–Crippen MR) is 135 cm³/mol. The van der Waals surface area contributed by atoms with Gasteiger partial charge in [0.1, 0.15) is 0 Å². The van der Waals surface area contributed by atoms with Gasteiger partial charge in [0.25, 0.3) is 11.6 Å². The number of halogens is 3. The number of benzene rings is 2. The summed E-state index contributed by atoms with van der Waals surface area (Å²) < 4.78 is 1.69. The summed E-state index contributed by atoms with van der Waals surface area (Å²) in [4.78, 5) is 35.2. The summed E-state index contributed by atoms with van der Waals surface area (Å²) in [6, 6.07) is 8.29. The first-order valence-corrected chi connectivity index (χ1v) is 11.9. The van der Waals surface area contributed by atoms with E-state index in [2.05, 4.69) is 27.4 Å². The van der Waals surface area contributed by atoms with Crippen molar-refractivity contribution >= 4 is 69.8 Å². The maximum Gasteiger partial charge on any atom is 0.271 e. The Hall–Kier alpha value is -3.12. The van der Waals surface area contributed by atoms with E-state index in [0.717, 1.165) is 11.8 Å². The minimum Gasteiger partial charge on any atom is -0.345 e. The molecule has 2 amide bonds. The quantitative estimate of drug-likeness (QED) is 0.156. The Morgan fingerprint density at radius 3 is 2.54 bits per heavy atom. The van der Waals surface area contributed by atoms with Gasteiger partial charge in [0.15, 0.2) is 11.0 Å². The number of carbonyl (C=O) groups is 2. The normalized spacial score (nSPS) is 10.6. The molecule has 3 aromatic rings. The number of hydrogen-bond acceptors (Lipinski definition) is 7. The van der Waals surface area contributed by atoms with Crippen LogP contribution in [0.15, 0.2) is 54.2 Å². The topological polar surface area (TPSA) is 132 Å². The zero-order valence-electron chi connectivity index (χ0n) is 17.8. The number of nitro benzene ring substituents is 1. The number of anilines is 1. The molecule has 0 aliphatic rings. The summed E-state index contributed by atoms with van der Waals surface area (Å²) in [5.74, 6) is -0.439. The van der Waals surface area contributed by atoms with Crippen LogP contribution in [0.1, 0.15) is 16.2 Å². The van der Waals surface area contributed by atoms with Gasteiger partial charge >= 0.3 is 0 Å². The van der Waals surface area contributed by atoms with Gasteiger partial charge in [-0.15, -0.1) is 16.8 Å². The van der Waals surface area contributed by atoms with Gasteiger partial charge in [0.05, 0.1) is 38.0 Å². The Labute approximate surface area is 218 Å². The Morgan fingerprint density at radius 1 is 1.11 bits per heavy atom. The van der Waals surface area contributed by atoms with E-state index in [1.807, 2.05) is 0 Å². The van der Waals surface area contributed by atoms with Crippen molar-refractivity contribution in [3.05, 3.63) is 85.6 Å². The standard InChI is InChI=1S/C21H17Cl3N6O4S/c1-2-7-29-18(10-25-20(32)12-3-5-14(22)16(24)8-12)27-28-21(29)35-11-19(31)26-17-9-13(30(33)34)4-6-15(17)23/h2-6,8-9H,1,7,10-11H2,(H,25,32)(H,26,31). The molecule has 14 heteroatoms. The lowest BCUT2D eigenvalue weighted by atomic mass is 10.2. The third-order valence-electron chi connectivity index (χ3n) is 4.46. The van der Waals surface area contributed by atoms with Crippen LogP contribution in [-0.4, -0.2) is 37.3 Å². The highest BCUT2D eigenvalue weighted by atomic mass is 35.5. The minimum atomic E-state index is -0.583. The molecule has 0 radical (unpaired) electrons. The van der Waals surface area contributed by atoms with Crippen LogP contribution in [0.5, 0.6) is 0 Å². The van der Waals surface area contributed by atoms with Crippen LogP contribution in [-0.2, 0) is 17.9 Å². The van der Waals surface area contributed by atoms with E-state index in [0.29, 0.717) is 28.1 Å². The van der Waals surface area contributed by atoms with E-state index in [1.54, 1.807) is 16.7 Å². The highest BCUT2D eigenvalue weighted by molar-refractivity contribution is 7.99. The average Bonchev–Trinajstić information content (AvgIpc) is 3.20. The molecule has 0 atom stereocenters. The number of nitrogens with one attached hydrogen (secondary N) is 2. The van der Waals surface area contributed by atoms with Crippen molar-refractivity contribution in [2.75, 3.05) is 11.1 Å². The molecule has 0 aliphatic heterocycles. The van der Waals surface area contributed by atoms with Gasteiger partial charge in [-0.2, -0.15) is 0 Å². The molecule has 3 rings (SSSR count). The van der Waals surface area contributed by atoms with Gasteiger partial charge in [-0.3, -0.25) is 19.7 Å². The first-order chi connectivity index (χ1) is 16.7. The predicted octanol–water partition coefficient (Wildman–Crippen LogP) is 4.99. The Morgan fingerprint density at radius 2 is 1.86 bits per heavy atom. The third kappa shape index (κ3) is 6.95. The van der Waals surface area contributed by atoms with Crippen molar-refractivity contribution in [2.24, 2.45) is 0 Å². The van der Waals surface area contributed by atoms with Crippen molar-refractivity contribution in [2.45, 2.75) is 18.2 Å². The average molecular weight is 556 g/mol. The van der Waals surface area contributed by atoms with E-state index in [9.17, 15) is 19.7 Å². The second-order valence-corrected chi connectivity index (χ2v) is 9.03. The summed E-state index contributed by atoms with van der Waals surface area (Å²) in [5.41, 5.74) is 0.264. The van der Waals surface area contributed by atoms with Crippen LogP contribution >= 0.6 is 46.6 Å². The largest absolute Gasteiger partial charge is 0.345 e. The van der Waals surface area contributed by atoms with E-state index in [4.69, 9.17) is 34.8 Å². The highest BCUT2D eigenvalue weighted by Gasteiger charge is 2.17. The second-order valence-electron chi connectivity index (χ2n) is 6.87. The maximum absolute atomic E-state index is 12.4. The van der Waals surface area contributed by atoms with Gasteiger partial charge in [-0.25, -0.2) is 0 Å². The summed E-state index contributed by atoms with van der Waals surface area (Å²) in [6.45, 7) is 4.12. The van der Waals surface area contributed by atoms with Crippen molar-refractivity contribution in [1.29, 1.82) is 0 Å². The van der Waals surface area contributed by atoms with Crippen molar-refractivity contribution < 1.29 is 14.5 Å². The van der Waals surface area contributed by atoms with Gasteiger partial charge in [0.2, 0.25) is 5.91 Å². The number of rotatable bonds is 10. The smallest absolute Gasteiger partial charge is 0.271 e. The summed E-state index contributed by atoms with van der Waals surface area (Å²) in [5, 5.41) is 25.6. The minimum absolute atomic E-state index is 0.0654. The van der Waals surface area contributed by atoms with Crippen LogP contribution in [0.4, 0.5) is 11.4 Å². The molecular weight excluding hydrogens is 539 g/mol. The molecule has 0 saturated carbocycles.